The molecule has 1 aromatic rings. The number of carbonyl (C=O) groups is 3. The highest BCUT2D eigenvalue weighted by Crippen LogP contribution is 2.48. The fourth-order valence-corrected chi connectivity index (χ4v) is 4.16. The third kappa shape index (κ3) is 3.44. The van der Waals surface area contributed by atoms with Crippen molar-refractivity contribution in [3.05, 3.63) is 18.0 Å². The van der Waals surface area contributed by atoms with E-state index in [1.807, 2.05) is 10.7 Å². The largest absolute Gasteiger partial charge is 0.463 e. The fraction of sp³-hybridized carbons (Fsp3) is 0.684. The van der Waals surface area contributed by atoms with Crippen LogP contribution in [0.5, 0.6) is 0 Å². The number of ether oxygens (including phenoxy) is 1. The van der Waals surface area contributed by atoms with Gasteiger partial charge in [-0.15, -0.1) is 0 Å². The second kappa shape index (κ2) is 6.98. The van der Waals surface area contributed by atoms with E-state index >= 15 is 0 Å². The van der Waals surface area contributed by atoms with Crippen LogP contribution in [-0.4, -0.2) is 57.7 Å². The number of esters is 1. The second-order valence-electron chi connectivity index (χ2n) is 8.16. The minimum Gasteiger partial charge on any atom is -0.463 e. The Morgan fingerprint density at radius 2 is 2.22 bits per heavy atom. The van der Waals surface area contributed by atoms with Gasteiger partial charge in [0.2, 0.25) is 11.8 Å². The first-order valence-electron chi connectivity index (χ1n) is 9.75. The Morgan fingerprint density at radius 3 is 3.00 bits per heavy atom. The molecule has 146 valence electrons. The van der Waals surface area contributed by atoms with Crippen LogP contribution in [-0.2, 0) is 25.7 Å². The monoisotopic (exact) mass is 374 g/mol. The molecule has 2 saturated heterocycles. The summed E-state index contributed by atoms with van der Waals surface area (Å²) >= 11 is 0. The van der Waals surface area contributed by atoms with Gasteiger partial charge in [-0.05, 0) is 31.2 Å². The summed E-state index contributed by atoms with van der Waals surface area (Å²) in [5.41, 5.74) is 1.06. The molecular formula is C19H26N4O4. The molecule has 0 radical (unpaired) electrons. The Balaban J connectivity index is 1.31. The zero-order valence-electron chi connectivity index (χ0n) is 15.8. The van der Waals surface area contributed by atoms with E-state index in [9.17, 15) is 14.4 Å². The number of amides is 2. The van der Waals surface area contributed by atoms with Gasteiger partial charge in [-0.25, -0.2) is 0 Å². The van der Waals surface area contributed by atoms with Crippen molar-refractivity contribution in [2.24, 2.45) is 11.8 Å². The lowest BCUT2D eigenvalue weighted by Crippen LogP contribution is -2.62. The maximum atomic E-state index is 12.5. The van der Waals surface area contributed by atoms with E-state index in [1.54, 1.807) is 11.1 Å². The Bertz CT molecular complexity index is 759. The summed E-state index contributed by atoms with van der Waals surface area (Å²) in [5.74, 6) is -0.187. The molecule has 0 unspecified atom stereocenters. The van der Waals surface area contributed by atoms with Crippen LogP contribution in [0.4, 0.5) is 0 Å². The highest BCUT2D eigenvalue weighted by atomic mass is 16.5. The first-order valence-corrected chi connectivity index (χ1v) is 9.75. The molecule has 3 aliphatic rings. The standard InChI is InChI=1S/C19H26N4O4/c1-11(2)9-23-15(5-6-20-23)12-8-13(12)19(26)27-10-14-18(25)22-7-3-4-16(22)17(24)21-14/h5-6,11-14,16H,3-4,7-10H2,1-2H3,(H,21,24)/t12-,13-,14+,16+/m1/s1. The third-order valence-corrected chi connectivity index (χ3v) is 5.61. The summed E-state index contributed by atoms with van der Waals surface area (Å²) in [6.45, 7) is 5.59. The SMILES string of the molecule is CC(C)Cn1nccc1[C@@H]1C[C@H]1C(=O)OC[C@@H]1NC(=O)[C@@H]2CCCN2C1=O. The van der Waals surface area contributed by atoms with Crippen LogP contribution in [0.15, 0.2) is 12.3 Å². The Morgan fingerprint density at radius 1 is 1.41 bits per heavy atom. The molecule has 1 aliphatic carbocycles. The average molecular weight is 374 g/mol. The van der Waals surface area contributed by atoms with E-state index < -0.39 is 6.04 Å². The van der Waals surface area contributed by atoms with E-state index in [0.717, 1.165) is 25.1 Å². The predicted octanol–water partition coefficient (Wildman–Crippen LogP) is 0.675. The summed E-state index contributed by atoms with van der Waals surface area (Å²) in [6.07, 6.45) is 4.05. The van der Waals surface area contributed by atoms with Gasteiger partial charge in [0.1, 0.15) is 18.7 Å². The number of aromatic nitrogens is 2. The fourth-order valence-electron chi connectivity index (χ4n) is 4.16. The lowest BCUT2D eigenvalue weighted by atomic mass is 10.1. The van der Waals surface area contributed by atoms with Gasteiger partial charge in [0.05, 0.1) is 5.92 Å². The van der Waals surface area contributed by atoms with Crippen LogP contribution >= 0.6 is 0 Å². The normalized spacial score (nSPS) is 29.7. The molecule has 3 fully saturated rings. The number of carbonyl (C=O) groups excluding carboxylic acids is 3. The summed E-state index contributed by atoms with van der Waals surface area (Å²) in [6, 6.07) is 0.844. The van der Waals surface area contributed by atoms with Crippen LogP contribution in [0.3, 0.4) is 0 Å². The number of fused-ring (bicyclic) bond motifs is 1. The van der Waals surface area contributed by atoms with E-state index in [2.05, 4.69) is 24.3 Å². The molecule has 8 heteroatoms. The van der Waals surface area contributed by atoms with Crippen molar-refractivity contribution in [1.29, 1.82) is 0 Å². The molecule has 1 N–H and O–H groups in total. The Labute approximate surface area is 158 Å². The number of hydrogen-bond donors (Lipinski definition) is 1. The van der Waals surface area contributed by atoms with E-state index in [1.165, 1.54) is 0 Å². The molecule has 4 rings (SSSR count). The highest BCUT2D eigenvalue weighted by molar-refractivity contribution is 5.97. The molecule has 4 atom stereocenters. The van der Waals surface area contributed by atoms with Gasteiger partial charge in [-0.2, -0.15) is 5.10 Å². The van der Waals surface area contributed by atoms with Gasteiger partial charge in [-0.3, -0.25) is 19.1 Å². The van der Waals surface area contributed by atoms with E-state index in [0.29, 0.717) is 18.9 Å². The first-order chi connectivity index (χ1) is 13.0. The van der Waals surface area contributed by atoms with E-state index in [4.69, 9.17) is 4.74 Å². The molecule has 1 saturated carbocycles. The van der Waals surface area contributed by atoms with Gasteiger partial charge >= 0.3 is 5.97 Å². The zero-order chi connectivity index (χ0) is 19.1. The first kappa shape index (κ1) is 18.0. The average Bonchev–Trinajstić information content (AvgIpc) is 3.03. The molecule has 3 heterocycles. The van der Waals surface area contributed by atoms with Crippen molar-refractivity contribution < 1.29 is 19.1 Å². The summed E-state index contributed by atoms with van der Waals surface area (Å²) in [5, 5.41) is 7.05. The van der Waals surface area contributed by atoms with Crippen molar-refractivity contribution in [1.82, 2.24) is 20.0 Å². The smallest absolute Gasteiger partial charge is 0.309 e. The van der Waals surface area contributed by atoms with Crippen LogP contribution < -0.4 is 5.32 Å². The highest BCUT2D eigenvalue weighted by Gasteiger charge is 2.48. The van der Waals surface area contributed by atoms with Gasteiger partial charge in [-0.1, -0.05) is 13.8 Å². The molecular weight excluding hydrogens is 348 g/mol. The Hall–Kier alpha value is -2.38. The van der Waals surface area contributed by atoms with Gasteiger partial charge in [0, 0.05) is 30.9 Å². The molecule has 8 nitrogen and oxygen atoms in total. The number of piperazine rings is 1. The van der Waals surface area contributed by atoms with Gasteiger partial charge < -0.3 is 15.0 Å². The van der Waals surface area contributed by atoms with E-state index in [-0.39, 0.29) is 42.3 Å². The van der Waals surface area contributed by atoms with Crippen molar-refractivity contribution in [3.8, 4) is 0 Å². The van der Waals surface area contributed by atoms with Crippen molar-refractivity contribution in [3.63, 3.8) is 0 Å². The summed E-state index contributed by atoms with van der Waals surface area (Å²) in [4.78, 5) is 38.6. The van der Waals surface area contributed by atoms with Crippen LogP contribution in [0.25, 0.3) is 0 Å². The van der Waals surface area contributed by atoms with Crippen LogP contribution in [0.1, 0.15) is 44.7 Å². The lowest BCUT2D eigenvalue weighted by molar-refractivity contribution is -0.154. The Kier molecular flexibility index (Phi) is 4.65. The molecule has 2 aliphatic heterocycles. The molecule has 0 aromatic carbocycles. The van der Waals surface area contributed by atoms with Crippen molar-refractivity contribution >= 4 is 17.8 Å². The minimum atomic E-state index is -0.764. The number of rotatable bonds is 6. The van der Waals surface area contributed by atoms with Crippen molar-refractivity contribution in [2.45, 2.75) is 57.7 Å². The quantitative estimate of drug-likeness (QED) is 0.739. The second-order valence-corrected chi connectivity index (χ2v) is 8.16. The van der Waals surface area contributed by atoms with Crippen LogP contribution in [0, 0.1) is 11.8 Å². The minimum absolute atomic E-state index is 0.0961. The summed E-state index contributed by atoms with van der Waals surface area (Å²) in [7, 11) is 0. The maximum absolute atomic E-state index is 12.5. The molecule has 0 spiro atoms. The number of nitrogens with zero attached hydrogens (tertiary/aromatic N) is 3. The number of nitrogens with one attached hydrogen (secondary N) is 1. The molecule has 1 aromatic heterocycles. The lowest BCUT2D eigenvalue weighted by Gasteiger charge is -2.34. The van der Waals surface area contributed by atoms with Gasteiger partial charge in [0.25, 0.3) is 0 Å². The summed E-state index contributed by atoms with van der Waals surface area (Å²) < 4.78 is 7.35. The van der Waals surface area contributed by atoms with Gasteiger partial charge in [0.15, 0.2) is 0 Å². The third-order valence-electron chi connectivity index (χ3n) is 5.61. The molecule has 27 heavy (non-hydrogen) atoms. The molecule has 0 bridgehead atoms. The van der Waals surface area contributed by atoms with Crippen molar-refractivity contribution in [2.75, 3.05) is 13.2 Å². The zero-order valence-corrected chi connectivity index (χ0v) is 15.8. The predicted molar refractivity (Wildman–Crippen MR) is 95.5 cm³/mol. The molecule has 2 amide bonds. The maximum Gasteiger partial charge on any atom is 0.309 e. The van der Waals surface area contributed by atoms with Crippen LogP contribution in [0.2, 0.25) is 0 Å². The topological polar surface area (TPSA) is 93.5 Å². The number of hydrogen-bond acceptors (Lipinski definition) is 5.